The summed E-state index contributed by atoms with van der Waals surface area (Å²) in [4.78, 5) is 18.2. The fourth-order valence-corrected chi connectivity index (χ4v) is 2.27. The van der Waals surface area contributed by atoms with Gasteiger partial charge in [-0.2, -0.15) is 0 Å². The summed E-state index contributed by atoms with van der Waals surface area (Å²) >= 11 is 5.87. The fraction of sp³-hybridized carbons (Fsp3) is 0.294. The van der Waals surface area contributed by atoms with Crippen molar-refractivity contribution in [1.29, 1.82) is 0 Å². The molecule has 0 N–H and O–H groups in total. The summed E-state index contributed by atoms with van der Waals surface area (Å²) in [6.45, 7) is 1.02. The average Bonchev–Trinajstić information content (AvgIpc) is 2.55. The van der Waals surface area contributed by atoms with Crippen molar-refractivity contribution < 1.29 is 9.53 Å². The number of nitrogens with zero attached hydrogens (tertiary/aromatic N) is 2. The van der Waals surface area contributed by atoms with Crippen LogP contribution in [0.1, 0.15) is 12.0 Å². The summed E-state index contributed by atoms with van der Waals surface area (Å²) in [6, 6.07) is 11.2. The van der Waals surface area contributed by atoms with E-state index in [2.05, 4.69) is 4.98 Å². The molecular formula is C17H19ClN2O2. The highest BCUT2D eigenvalue weighted by atomic mass is 35.5. The number of methoxy groups -OCH3 is 1. The zero-order chi connectivity index (χ0) is 15.8. The van der Waals surface area contributed by atoms with Crippen molar-refractivity contribution in [3.8, 4) is 0 Å². The van der Waals surface area contributed by atoms with Crippen LogP contribution in [0.4, 0.5) is 5.69 Å². The van der Waals surface area contributed by atoms with Gasteiger partial charge in [0.1, 0.15) is 0 Å². The van der Waals surface area contributed by atoms with Crippen LogP contribution in [0.2, 0.25) is 5.02 Å². The van der Waals surface area contributed by atoms with Crippen LogP contribution in [-0.4, -0.2) is 31.2 Å². The Morgan fingerprint density at radius 3 is 2.50 bits per heavy atom. The lowest BCUT2D eigenvalue weighted by atomic mass is 10.1. The molecule has 0 spiro atoms. The Labute approximate surface area is 135 Å². The van der Waals surface area contributed by atoms with E-state index in [1.165, 1.54) is 0 Å². The van der Waals surface area contributed by atoms with E-state index in [4.69, 9.17) is 16.3 Å². The number of halogens is 1. The molecule has 2 rings (SSSR count). The standard InChI is InChI=1S/C17H19ClN2O2/c1-22-13-12-20(16-8-10-19-11-9-16)17(21)7-4-14-2-5-15(18)6-3-14/h2-3,5-6,8-11H,4,7,12-13H2,1H3. The molecule has 1 aromatic heterocycles. The van der Waals surface area contributed by atoms with E-state index in [-0.39, 0.29) is 5.91 Å². The number of anilines is 1. The van der Waals surface area contributed by atoms with Crippen LogP contribution >= 0.6 is 11.6 Å². The molecule has 4 nitrogen and oxygen atoms in total. The molecule has 0 saturated heterocycles. The molecule has 0 fully saturated rings. The molecule has 0 aliphatic carbocycles. The smallest absolute Gasteiger partial charge is 0.227 e. The number of benzene rings is 1. The molecule has 0 bridgehead atoms. The van der Waals surface area contributed by atoms with Gasteiger partial charge in [-0.05, 0) is 36.2 Å². The Bertz CT molecular complexity index is 587. The van der Waals surface area contributed by atoms with Gasteiger partial charge in [0, 0.05) is 43.2 Å². The second kappa shape index (κ2) is 8.51. The summed E-state index contributed by atoms with van der Waals surface area (Å²) in [7, 11) is 1.63. The average molecular weight is 319 g/mol. The van der Waals surface area contributed by atoms with Gasteiger partial charge < -0.3 is 9.64 Å². The number of amides is 1. The molecule has 0 radical (unpaired) electrons. The lowest BCUT2D eigenvalue weighted by Gasteiger charge is -2.22. The Hall–Kier alpha value is -1.91. The van der Waals surface area contributed by atoms with E-state index in [0.29, 0.717) is 31.0 Å². The zero-order valence-corrected chi connectivity index (χ0v) is 13.3. The van der Waals surface area contributed by atoms with Crippen LogP contribution in [0.25, 0.3) is 0 Å². The van der Waals surface area contributed by atoms with E-state index in [1.807, 2.05) is 36.4 Å². The van der Waals surface area contributed by atoms with Gasteiger partial charge in [0.2, 0.25) is 5.91 Å². The van der Waals surface area contributed by atoms with Crippen molar-refractivity contribution in [2.75, 3.05) is 25.2 Å². The van der Waals surface area contributed by atoms with Crippen molar-refractivity contribution >= 4 is 23.2 Å². The maximum Gasteiger partial charge on any atom is 0.227 e. The second-order valence-corrected chi connectivity index (χ2v) is 5.31. The quantitative estimate of drug-likeness (QED) is 0.786. The van der Waals surface area contributed by atoms with Crippen molar-refractivity contribution in [3.63, 3.8) is 0 Å². The van der Waals surface area contributed by atoms with Gasteiger partial charge in [-0.1, -0.05) is 23.7 Å². The number of hydrogen-bond acceptors (Lipinski definition) is 3. The maximum atomic E-state index is 12.5. The summed E-state index contributed by atoms with van der Waals surface area (Å²) in [5.74, 6) is 0.0678. The minimum Gasteiger partial charge on any atom is -0.383 e. The molecule has 1 amide bonds. The van der Waals surface area contributed by atoms with Crippen LogP contribution in [0, 0.1) is 0 Å². The largest absolute Gasteiger partial charge is 0.383 e. The highest BCUT2D eigenvalue weighted by molar-refractivity contribution is 6.30. The topological polar surface area (TPSA) is 42.4 Å². The van der Waals surface area contributed by atoms with Gasteiger partial charge in [-0.3, -0.25) is 9.78 Å². The van der Waals surface area contributed by atoms with Crippen LogP contribution in [0.15, 0.2) is 48.8 Å². The SMILES string of the molecule is COCCN(C(=O)CCc1ccc(Cl)cc1)c1ccncc1. The van der Waals surface area contributed by atoms with Crippen LogP contribution < -0.4 is 4.90 Å². The van der Waals surface area contributed by atoms with E-state index in [9.17, 15) is 4.79 Å². The molecular weight excluding hydrogens is 300 g/mol. The van der Waals surface area contributed by atoms with Crippen molar-refractivity contribution in [1.82, 2.24) is 4.98 Å². The first-order chi connectivity index (χ1) is 10.7. The van der Waals surface area contributed by atoms with Gasteiger partial charge >= 0.3 is 0 Å². The minimum atomic E-state index is 0.0678. The molecule has 22 heavy (non-hydrogen) atoms. The monoisotopic (exact) mass is 318 g/mol. The third-order valence-corrected chi connectivity index (χ3v) is 3.59. The first-order valence-corrected chi connectivity index (χ1v) is 7.52. The molecule has 0 aliphatic heterocycles. The first-order valence-electron chi connectivity index (χ1n) is 7.14. The van der Waals surface area contributed by atoms with Gasteiger partial charge in [-0.15, -0.1) is 0 Å². The number of hydrogen-bond donors (Lipinski definition) is 0. The molecule has 1 heterocycles. The normalized spacial score (nSPS) is 10.5. The summed E-state index contributed by atoms with van der Waals surface area (Å²) < 4.78 is 5.10. The number of rotatable bonds is 7. The van der Waals surface area contributed by atoms with E-state index in [1.54, 1.807) is 24.4 Å². The highest BCUT2D eigenvalue weighted by Gasteiger charge is 2.15. The number of pyridine rings is 1. The predicted octanol–water partition coefficient (Wildman–Crippen LogP) is 3.35. The number of aromatic nitrogens is 1. The Morgan fingerprint density at radius 2 is 1.86 bits per heavy atom. The second-order valence-electron chi connectivity index (χ2n) is 4.87. The van der Waals surface area contributed by atoms with Gasteiger partial charge in [0.15, 0.2) is 0 Å². The third-order valence-electron chi connectivity index (χ3n) is 3.34. The summed E-state index contributed by atoms with van der Waals surface area (Å²) in [6.07, 6.45) is 4.49. The van der Waals surface area contributed by atoms with E-state index in [0.717, 1.165) is 11.3 Å². The van der Waals surface area contributed by atoms with Crippen molar-refractivity contribution in [2.24, 2.45) is 0 Å². The fourth-order valence-electron chi connectivity index (χ4n) is 2.14. The Morgan fingerprint density at radius 1 is 1.18 bits per heavy atom. The molecule has 0 atom stereocenters. The van der Waals surface area contributed by atoms with Crippen molar-refractivity contribution in [3.05, 3.63) is 59.4 Å². The van der Waals surface area contributed by atoms with Gasteiger partial charge in [0.05, 0.1) is 6.61 Å². The highest BCUT2D eigenvalue weighted by Crippen LogP contribution is 2.16. The Kier molecular flexibility index (Phi) is 6.37. The first kappa shape index (κ1) is 16.5. The lowest BCUT2D eigenvalue weighted by molar-refractivity contribution is -0.118. The maximum absolute atomic E-state index is 12.5. The molecule has 1 aromatic carbocycles. The molecule has 2 aromatic rings. The summed E-state index contributed by atoms with van der Waals surface area (Å²) in [5, 5.41) is 0.702. The third kappa shape index (κ3) is 4.83. The molecule has 0 saturated carbocycles. The zero-order valence-electron chi connectivity index (χ0n) is 12.5. The number of carbonyl (C=O) groups excluding carboxylic acids is 1. The molecule has 5 heteroatoms. The van der Waals surface area contributed by atoms with Crippen molar-refractivity contribution in [2.45, 2.75) is 12.8 Å². The molecule has 116 valence electrons. The van der Waals surface area contributed by atoms with Gasteiger partial charge in [0.25, 0.3) is 0 Å². The van der Waals surface area contributed by atoms with Crippen LogP contribution in [0.3, 0.4) is 0 Å². The number of carbonyl (C=O) groups is 1. The minimum absolute atomic E-state index is 0.0678. The Balaban J connectivity index is 2.00. The molecule has 0 aliphatic rings. The molecule has 0 unspecified atom stereocenters. The van der Waals surface area contributed by atoms with Crippen LogP contribution in [-0.2, 0) is 16.0 Å². The van der Waals surface area contributed by atoms with Crippen LogP contribution in [0.5, 0.6) is 0 Å². The summed E-state index contributed by atoms with van der Waals surface area (Å²) in [5.41, 5.74) is 1.94. The number of aryl methyl sites for hydroxylation is 1. The lowest BCUT2D eigenvalue weighted by Crippen LogP contribution is -2.34. The van der Waals surface area contributed by atoms with E-state index >= 15 is 0 Å². The van der Waals surface area contributed by atoms with E-state index < -0.39 is 0 Å². The van der Waals surface area contributed by atoms with Gasteiger partial charge in [-0.25, -0.2) is 0 Å². The predicted molar refractivity (Wildman–Crippen MR) is 88.2 cm³/mol. The number of ether oxygens (including phenoxy) is 1.